The van der Waals surface area contributed by atoms with Crippen LogP contribution in [0.4, 0.5) is 11.4 Å². The normalized spacial score (nSPS) is 8.14. The molecule has 57 heavy (non-hydrogen) atoms. The number of hydrogen-bond donors (Lipinski definition) is 6. The summed E-state index contributed by atoms with van der Waals surface area (Å²) in [4.78, 5) is 78.0. The molecule has 0 saturated carbocycles. The number of nitrogens with one attached hydrogen (secondary N) is 6. The van der Waals surface area contributed by atoms with E-state index in [9.17, 15) is 40.0 Å². The van der Waals surface area contributed by atoms with Crippen LogP contribution in [0, 0.1) is 20.2 Å². The van der Waals surface area contributed by atoms with Gasteiger partial charge in [0.05, 0.1) is 59.7 Å². The molecule has 0 aliphatic rings. The van der Waals surface area contributed by atoms with Crippen molar-refractivity contribution in [2.24, 2.45) is 0 Å². The molecular weight excluding hydrogens is 799 g/mol. The van der Waals surface area contributed by atoms with E-state index in [0.717, 1.165) is 48.5 Å². The standard InChI is InChI=1S/2C7H5NO4.6C3H4N2.Co.2H2O/c2*9-7(10)5-1-3-6(4-2-5)8(11)12;6*1-2-5-3-4-1;;;/h2*1-4H,(H,9,10);6*1-3H,(H,4,5);;2*1H2/q;;;;;;;;+2;;/p-2. The van der Waals surface area contributed by atoms with Crippen LogP contribution in [0.25, 0.3) is 0 Å². The van der Waals surface area contributed by atoms with Crippen LogP contribution in [0.2, 0.25) is 0 Å². The molecule has 0 bridgehead atoms. The van der Waals surface area contributed by atoms with Gasteiger partial charge in [0.1, 0.15) is 0 Å². The van der Waals surface area contributed by atoms with Gasteiger partial charge in [-0.3, -0.25) is 20.2 Å². The first-order valence-corrected chi connectivity index (χ1v) is 14.7. The Bertz CT molecular complexity index is 1520. The SMILES string of the molecule is O.O.O=C([O-])c1ccc([N+](=O)[O-])cc1.O=C([O-])c1ccc([N+](=O)[O-])cc1.[Co+2].c1c[nH]cn1.c1c[nH]cn1.c1c[nH]cn1.c1c[nH]cn1.c1c[nH]cn1.c1c[nH]cn1. The van der Waals surface area contributed by atoms with Gasteiger partial charge in [-0.2, -0.15) is 0 Å². The Morgan fingerprint density at radius 2 is 0.614 bits per heavy atom. The van der Waals surface area contributed by atoms with E-state index in [1.54, 1.807) is 112 Å². The summed E-state index contributed by atoms with van der Waals surface area (Å²) in [6.45, 7) is 0. The second-order valence-electron chi connectivity index (χ2n) is 8.75. The van der Waals surface area contributed by atoms with Crippen molar-refractivity contribution >= 4 is 23.3 Å². The molecule has 303 valence electrons. The predicted molar refractivity (Wildman–Crippen MR) is 194 cm³/mol. The molecule has 8 aromatic rings. The van der Waals surface area contributed by atoms with E-state index in [1.807, 2.05) is 0 Å². The Kier molecular flexibility index (Phi) is 33.8. The summed E-state index contributed by atoms with van der Waals surface area (Å²) >= 11 is 0. The first-order chi connectivity index (χ1) is 26.2. The molecule has 0 saturated heterocycles. The number of aromatic amines is 6. The zero-order chi connectivity index (χ0) is 39.5. The molecule has 1 radical (unpaired) electrons. The molecule has 0 aliphatic carbocycles. The Hall–Kier alpha value is -8.13. The van der Waals surface area contributed by atoms with E-state index >= 15 is 0 Å². The average Bonchev–Trinajstić information content (AvgIpc) is 4.06. The van der Waals surface area contributed by atoms with Crippen LogP contribution in [0.15, 0.2) is 161 Å². The topological polar surface area (TPSA) is 402 Å². The van der Waals surface area contributed by atoms with Gasteiger partial charge in [-0.05, 0) is 35.4 Å². The summed E-state index contributed by atoms with van der Waals surface area (Å²) in [5, 5.41) is 40.7. The monoisotopic (exact) mass is 835 g/mol. The van der Waals surface area contributed by atoms with E-state index in [2.05, 4.69) is 59.8 Å². The number of aromatic nitrogens is 12. The van der Waals surface area contributed by atoms with Gasteiger partial charge in [-0.15, -0.1) is 0 Å². The van der Waals surface area contributed by atoms with E-state index in [4.69, 9.17) is 0 Å². The minimum Gasteiger partial charge on any atom is -0.545 e. The number of nitro groups is 2. The second-order valence-corrected chi connectivity index (χ2v) is 8.75. The van der Waals surface area contributed by atoms with Crippen molar-refractivity contribution in [3.8, 4) is 0 Å². The fourth-order valence-electron chi connectivity index (χ4n) is 2.73. The van der Waals surface area contributed by atoms with E-state index in [1.165, 1.54) is 0 Å². The number of carbonyl (C=O) groups excluding carboxylic acids is 2. The number of carboxylic acids is 2. The molecule has 24 nitrogen and oxygen atoms in total. The van der Waals surface area contributed by atoms with Crippen LogP contribution in [-0.2, 0) is 16.8 Å². The van der Waals surface area contributed by atoms with Gasteiger partial charge in [0.2, 0.25) is 0 Å². The van der Waals surface area contributed by atoms with Crippen LogP contribution >= 0.6 is 0 Å². The minimum absolute atomic E-state index is 0. The zero-order valence-electron chi connectivity index (χ0n) is 29.2. The third-order valence-electron chi connectivity index (χ3n) is 5.06. The van der Waals surface area contributed by atoms with Crippen molar-refractivity contribution in [3.63, 3.8) is 0 Å². The number of carboxylic acid groups (broad SMARTS) is 2. The fraction of sp³-hybridized carbons (Fsp3) is 0. The zero-order valence-corrected chi connectivity index (χ0v) is 30.2. The van der Waals surface area contributed by atoms with E-state index < -0.39 is 21.8 Å². The Balaban J connectivity index is -0.000000600. The molecule has 8 rings (SSSR count). The summed E-state index contributed by atoms with van der Waals surface area (Å²) in [5.74, 6) is -2.69. The molecule has 2 aromatic carbocycles. The van der Waals surface area contributed by atoms with Crippen LogP contribution in [0.1, 0.15) is 20.7 Å². The van der Waals surface area contributed by atoms with Crippen molar-refractivity contribution in [2.45, 2.75) is 0 Å². The molecule has 0 spiro atoms. The smallest absolute Gasteiger partial charge is 0.545 e. The molecule has 10 N–H and O–H groups in total. The number of imidazole rings is 6. The molecule has 0 fully saturated rings. The number of nitro benzene ring substituents is 2. The van der Waals surface area contributed by atoms with Crippen molar-refractivity contribution < 1.29 is 57.4 Å². The third-order valence-corrected chi connectivity index (χ3v) is 5.06. The van der Waals surface area contributed by atoms with E-state index in [-0.39, 0.29) is 50.2 Å². The van der Waals surface area contributed by atoms with Gasteiger partial charge in [-0.25, -0.2) is 29.9 Å². The summed E-state index contributed by atoms with van der Waals surface area (Å²) in [6, 6.07) is 8.99. The quantitative estimate of drug-likeness (QED) is 0.105. The first kappa shape index (κ1) is 53.2. The molecule has 25 heteroatoms. The summed E-state index contributed by atoms with van der Waals surface area (Å²) in [6.07, 6.45) is 30.5. The Labute approximate surface area is 332 Å². The summed E-state index contributed by atoms with van der Waals surface area (Å²) in [5.41, 5.74) is -0.416. The predicted octanol–water partition coefficient (Wildman–Crippen LogP) is 0.723. The number of rotatable bonds is 4. The van der Waals surface area contributed by atoms with Gasteiger partial charge >= 0.3 is 16.8 Å². The number of nitrogens with zero attached hydrogens (tertiary/aromatic N) is 8. The summed E-state index contributed by atoms with van der Waals surface area (Å²) in [7, 11) is 0. The van der Waals surface area contributed by atoms with Crippen molar-refractivity contribution in [1.29, 1.82) is 0 Å². The van der Waals surface area contributed by atoms with Crippen LogP contribution in [0.5, 0.6) is 0 Å². The maximum atomic E-state index is 10.2. The maximum Gasteiger partial charge on any atom is 2.00 e. The van der Waals surface area contributed by atoms with Gasteiger partial charge in [-0.1, -0.05) is 0 Å². The molecular formula is C32H36CoN14O10. The van der Waals surface area contributed by atoms with Crippen LogP contribution in [0.3, 0.4) is 0 Å². The number of non-ortho nitro benzene ring substituents is 2. The Morgan fingerprint density at radius 3 is 0.702 bits per heavy atom. The first-order valence-electron chi connectivity index (χ1n) is 14.7. The number of carbonyl (C=O) groups is 2. The fourth-order valence-corrected chi connectivity index (χ4v) is 2.73. The number of H-pyrrole nitrogens is 6. The van der Waals surface area contributed by atoms with Crippen molar-refractivity contribution in [3.05, 3.63) is 192 Å². The molecule has 6 aromatic heterocycles. The number of aromatic carboxylic acids is 2. The Morgan fingerprint density at radius 1 is 0.421 bits per heavy atom. The van der Waals surface area contributed by atoms with Crippen molar-refractivity contribution in [1.82, 2.24) is 59.8 Å². The number of hydrogen-bond acceptors (Lipinski definition) is 14. The van der Waals surface area contributed by atoms with Gasteiger partial charge in [0.25, 0.3) is 11.4 Å². The third kappa shape index (κ3) is 30.1. The second kappa shape index (κ2) is 36.2. The molecule has 0 aliphatic heterocycles. The van der Waals surface area contributed by atoms with Gasteiger partial charge in [0, 0.05) is 98.6 Å². The van der Waals surface area contributed by atoms with Crippen LogP contribution < -0.4 is 10.2 Å². The van der Waals surface area contributed by atoms with Crippen LogP contribution in [-0.4, -0.2) is 92.5 Å². The number of benzene rings is 2. The minimum atomic E-state index is -1.34. The van der Waals surface area contributed by atoms with Crippen molar-refractivity contribution in [2.75, 3.05) is 0 Å². The molecule has 0 atom stereocenters. The van der Waals surface area contributed by atoms with Gasteiger partial charge in [0.15, 0.2) is 0 Å². The van der Waals surface area contributed by atoms with E-state index in [0.29, 0.717) is 0 Å². The average molecular weight is 836 g/mol. The molecule has 6 heterocycles. The summed E-state index contributed by atoms with van der Waals surface area (Å²) < 4.78 is 0. The molecule has 0 amide bonds. The molecule has 0 unspecified atom stereocenters. The largest absolute Gasteiger partial charge is 2.00 e. The maximum absolute atomic E-state index is 10.2. The van der Waals surface area contributed by atoms with Gasteiger partial charge < -0.3 is 60.7 Å².